The monoisotopic (exact) mass is 377 g/mol. The van der Waals surface area contributed by atoms with Crippen molar-refractivity contribution in [2.24, 2.45) is 0 Å². The third-order valence-electron chi connectivity index (χ3n) is 4.94. The summed E-state index contributed by atoms with van der Waals surface area (Å²) in [4.78, 5) is 16.0. The van der Waals surface area contributed by atoms with Crippen LogP contribution in [0.1, 0.15) is 74.1 Å². The number of halogens is 1. The number of aliphatic carboxylic acids is 1. The summed E-state index contributed by atoms with van der Waals surface area (Å²) in [5.74, 6) is 0.993. The number of imidazole rings is 1. The summed E-state index contributed by atoms with van der Waals surface area (Å²) in [6.07, 6.45) is 4.03. The van der Waals surface area contributed by atoms with Gasteiger partial charge in [-0.2, -0.15) is 0 Å². The van der Waals surface area contributed by atoms with Gasteiger partial charge in [-0.15, -0.1) is 0 Å². The van der Waals surface area contributed by atoms with E-state index in [-0.39, 0.29) is 18.5 Å². The third kappa shape index (κ3) is 4.46. The zero-order valence-electron chi connectivity index (χ0n) is 15.5. The summed E-state index contributed by atoms with van der Waals surface area (Å²) in [5.41, 5.74) is 3.61. The zero-order chi connectivity index (χ0) is 18.0. The van der Waals surface area contributed by atoms with E-state index in [2.05, 4.69) is 18.4 Å². The Bertz CT molecular complexity index is 753. The van der Waals surface area contributed by atoms with Gasteiger partial charge in [0.15, 0.2) is 0 Å². The molecule has 6 heteroatoms. The highest BCUT2D eigenvalue weighted by Crippen LogP contribution is 2.37. The van der Waals surface area contributed by atoms with Gasteiger partial charge >= 0.3 is 5.97 Å². The highest BCUT2D eigenvalue weighted by molar-refractivity contribution is 6.30. The number of aryl methyl sites for hydroxylation is 1. The fourth-order valence-corrected chi connectivity index (χ4v) is 3.91. The molecule has 2 aromatic rings. The molecule has 0 spiro atoms. The van der Waals surface area contributed by atoms with Crippen LogP contribution in [0.25, 0.3) is 0 Å². The van der Waals surface area contributed by atoms with Crippen LogP contribution in [0, 0.1) is 0 Å². The number of carboxylic acids is 1. The highest BCUT2D eigenvalue weighted by atomic mass is 35.5. The minimum absolute atomic E-state index is 0. The molecule has 0 saturated heterocycles. The molecule has 0 aliphatic heterocycles. The number of aromatic nitrogens is 2. The summed E-state index contributed by atoms with van der Waals surface area (Å²) in [7, 11) is 0. The van der Waals surface area contributed by atoms with Gasteiger partial charge in [0.25, 0.3) is 0 Å². The highest BCUT2D eigenvalue weighted by Gasteiger charge is 2.29. The van der Waals surface area contributed by atoms with Gasteiger partial charge in [-0.1, -0.05) is 37.6 Å². The Morgan fingerprint density at radius 1 is 1.35 bits per heavy atom. The van der Waals surface area contributed by atoms with E-state index in [0.29, 0.717) is 12.3 Å². The smallest absolute Gasteiger partial charge is 0.303 e. The predicted octanol–water partition coefficient (Wildman–Crippen LogP) is 5.15. The standard InChI is InChI=1S/C20H25ClN2O2.H3N/c1-13(2)20-22-17-5-3-4-15(8-11-18(24)25)19(17)23(20)12-14-6-9-16(21)10-7-14;/h6-7,9-10,13,15H,3-5,8,11-12H2,1-2H3,(H,24,25);1H3. The fraction of sp³-hybridized carbons (Fsp3) is 0.500. The van der Waals surface area contributed by atoms with Gasteiger partial charge in [-0.25, -0.2) is 4.98 Å². The number of carbonyl (C=O) groups is 1. The second-order valence-corrected chi connectivity index (χ2v) is 7.63. The van der Waals surface area contributed by atoms with Crippen molar-refractivity contribution >= 4 is 17.6 Å². The van der Waals surface area contributed by atoms with Crippen molar-refractivity contribution in [2.45, 2.75) is 64.3 Å². The lowest BCUT2D eigenvalue weighted by atomic mass is 9.86. The average Bonchev–Trinajstić information content (AvgIpc) is 2.94. The SMILES string of the molecule is CC(C)c1nc2c(n1Cc1ccc(Cl)cc1)C(CCC(=O)O)CCC2.N. The molecular weight excluding hydrogens is 350 g/mol. The van der Waals surface area contributed by atoms with E-state index < -0.39 is 5.97 Å². The van der Waals surface area contributed by atoms with Crippen LogP contribution in [-0.2, 0) is 17.8 Å². The maximum Gasteiger partial charge on any atom is 0.303 e. The molecule has 0 saturated carbocycles. The Morgan fingerprint density at radius 2 is 2.04 bits per heavy atom. The van der Waals surface area contributed by atoms with Crippen LogP contribution in [0.5, 0.6) is 0 Å². The molecular formula is C20H28ClN3O2. The number of rotatable bonds is 6. The quantitative estimate of drug-likeness (QED) is 0.727. The minimum Gasteiger partial charge on any atom is -0.481 e. The van der Waals surface area contributed by atoms with E-state index in [1.54, 1.807) is 0 Å². The van der Waals surface area contributed by atoms with Crippen molar-refractivity contribution < 1.29 is 9.90 Å². The number of fused-ring (bicyclic) bond motifs is 1. The van der Waals surface area contributed by atoms with Gasteiger partial charge < -0.3 is 15.8 Å². The van der Waals surface area contributed by atoms with E-state index >= 15 is 0 Å². The Kier molecular flexibility index (Phi) is 6.84. The molecule has 0 bridgehead atoms. The summed E-state index contributed by atoms with van der Waals surface area (Å²) in [5, 5.41) is 9.82. The first-order chi connectivity index (χ1) is 12.0. The van der Waals surface area contributed by atoms with E-state index in [9.17, 15) is 4.79 Å². The largest absolute Gasteiger partial charge is 0.481 e. The van der Waals surface area contributed by atoms with Crippen molar-refractivity contribution in [3.05, 3.63) is 52.1 Å². The second kappa shape index (κ2) is 8.69. The van der Waals surface area contributed by atoms with Gasteiger partial charge in [0.05, 0.1) is 5.69 Å². The van der Waals surface area contributed by atoms with Crippen LogP contribution in [0.4, 0.5) is 0 Å². The third-order valence-corrected chi connectivity index (χ3v) is 5.19. The van der Waals surface area contributed by atoms with Crippen molar-refractivity contribution in [3.63, 3.8) is 0 Å². The van der Waals surface area contributed by atoms with Gasteiger partial charge in [0.2, 0.25) is 0 Å². The van der Waals surface area contributed by atoms with Crippen LogP contribution in [0.15, 0.2) is 24.3 Å². The van der Waals surface area contributed by atoms with E-state index in [0.717, 1.165) is 36.7 Å². The molecule has 26 heavy (non-hydrogen) atoms. The molecule has 0 fully saturated rings. The first-order valence-electron chi connectivity index (χ1n) is 9.01. The lowest BCUT2D eigenvalue weighted by Crippen LogP contribution is -2.17. The topological polar surface area (TPSA) is 90.1 Å². The van der Waals surface area contributed by atoms with Crippen LogP contribution < -0.4 is 6.15 Å². The molecule has 1 aliphatic carbocycles. The van der Waals surface area contributed by atoms with Crippen molar-refractivity contribution in [1.82, 2.24) is 15.7 Å². The molecule has 1 aliphatic rings. The normalized spacial score (nSPS) is 16.2. The number of carboxylic acid groups (broad SMARTS) is 1. The fourth-order valence-electron chi connectivity index (χ4n) is 3.79. The van der Waals surface area contributed by atoms with Crippen LogP contribution >= 0.6 is 11.6 Å². The predicted molar refractivity (Wildman–Crippen MR) is 104 cm³/mol. The second-order valence-electron chi connectivity index (χ2n) is 7.19. The summed E-state index contributed by atoms with van der Waals surface area (Å²) in [6, 6.07) is 7.93. The first kappa shape index (κ1) is 20.5. The van der Waals surface area contributed by atoms with Gasteiger partial charge in [0, 0.05) is 35.5 Å². The summed E-state index contributed by atoms with van der Waals surface area (Å²) in [6.45, 7) is 5.09. The van der Waals surface area contributed by atoms with E-state index in [1.165, 1.54) is 17.0 Å². The molecule has 3 rings (SSSR count). The van der Waals surface area contributed by atoms with Gasteiger partial charge in [0.1, 0.15) is 5.82 Å². The first-order valence-corrected chi connectivity index (χ1v) is 9.39. The lowest BCUT2D eigenvalue weighted by Gasteiger charge is -2.25. The van der Waals surface area contributed by atoms with E-state index in [4.69, 9.17) is 21.7 Å². The molecule has 1 atom stereocenters. The molecule has 5 nitrogen and oxygen atoms in total. The molecule has 1 unspecified atom stereocenters. The molecule has 1 aromatic carbocycles. The number of hydrogen-bond donors (Lipinski definition) is 2. The Morgan fingerprint density at radius 3 is 2.65 bits per heavy atom. The summed E-state index contributed by atoms with van der Waals surface area (Å²) >= 11 is 6.01. The zero-order valence-corrected chi connectivity index (χ0v) is 16.3. The number of hydrogen-bond acceptors (Lipinski definition) is 3. The molecule has 4 N–H and O–H groups in total. The molecule has 0 radical (unpaired) electrons. The Hall–Kier alpha value is -1.85. The van der Waals surface area contributed by atoms with E-state index in [1.807, 2.05) is 24.3 Å². The van der Waals surface area contributed by atoms with Crippen LogP contribution in [0.2, 0.25) is 5.02 Å². The van der Waals surface area contributed by atoms with Crippen molar-refractivity contribution in [2.75, 3.05) is 0 Å². The number of benzene rings is 1. The Labute approximate surface area is 160 Å². The van der Waals surface area contributed by atoms with Crippen molar-refractivity contribution in [1.29, 1.82) is 0 Å². The molecule has 0 amide bonds. The van der Waals surface area contributed by atoms with Crippen LogP contribution in [0.3, 0.4) is 0 Å². The van der Waals surface area contributed by atoms with Crippen LogP contribution in [-0.4, -0.2) is 20.6 Å². The maximum absolute atomic E-state index is 11.0. The minimum atomic E-state index is -0.722. The summed E-state index contributed by atoms with van der Waals surface area (Å²) < 4.78 is 2.33. The molecule has 142 valence electrons. The maximum atomic E-state index is 11.0. The number of nitrogens with zero attached hydrogens (tertiary/aromatic N) is 2. The lowest BCUT2D eigenvalue weighted by molar-refractivity contribution is -0.137. The van der Waals surface area contributed by atoms with Gasteiger partial charge in [-0.05, 0) is 43.4 Å². The molecule has 1 heterocycles. The molecule has 1 aromatic heterocycles. The Balaban J connectivity index is 0.00000243. The van der Waals surface area contributed by atoms with Crippen molar-refractivity contribution in [3.8, 4) is 0 Å². The average molecular weight is 378 g/mol. The van der Waals surface area contributed by atoms with Gasteiger partial charge in [-0.3, -0.25) is 4.79 Å².